The van der Waals surface area contributed by atoms with Crippen LogP contribution in [0, 0.1) is 5.92 Å². The summed E-state index contributed by atoms with van der Waals surface area (Å²) in [6.45, 7) is 2.53. The van der Waals surface area contributed by atoms with Gasteiger partial charge in [-0.1, -0.05) is 12.1 Å². The third-order valence-corrected chi connectivity index (χ3v) is 6.73. The Labute approximate surface area is 188 Å². The molecule has 3 atom stereocenters. The first-order valence-electron chi connectivity index (χ1n) is 11.6. The molecule has 1 heterocycles. The lowest BCUT2D eigenvalue weighted by Crippen LogP contribution is -2.34. The quantitative estimate of drug-likeness (QED) is 0.711. The fourth-order valence-electron chi connectivity index (χ4n) is 4.95. The highest BCUT2D eigenvalue weighted by Crippen LogP contribution is 2.45. The maximum absolute atomic E-state index is 12.3. The predicted octanol–water partition coefficient (Wildman–Crippen LogP) is 4.29. The molecule has 0 bridgehead atoms. The van der Waals surface area contributed by atoms with Crippen molar-refractivity contribution in [3.63, 3.8) is 0 Å². The summed E-state index contributed by atoms with van der Waals surface area (Å²) < 4.78 is 11.5. The molecule has 2 fully saturated rings. The van der Waals surface area contributed by atoms with E-state index in [0.717, 1.165) is 54.0 Å². The lowest BCUT2D eigenvalue weighted by atomic mass is 9.74. The Morgan fingerprint density at radius 1 is 1.16 bits per heavy atom. The van der Waals surface area contributed by atoms with Crippen LogP contribution in [0.3, 0.4) is 0 Å². The lowest BCUT2D eigenvalue weighted by molar-refractivity contribution is -0.117. The number of rotatable bonds is 6. The van der Waals surface area contributed by atoms with Gasteiger partial charge in [0.1, 0.15) is 0 Å². The van der Waals surface area contributed by atoms with Gasteiger partial charge in [0.15, 0.2) is 11.5 Å². The van der Waals surface area contributed by atoms with Crippen LogP contribution in [0.1, 0.15) is 61.6 Å². The number of amides is 1. The van der Waals surface area contributed by atoms with Crippen LogP contribution in [-0.2, 0) is 4.79 Å². The number of hydrogen-bond donors (Lipinski definition) is 2. The Morgan fingerprint density at radius 2 is 2.00 bits per heavy atom. The van der Waals surface area contributed by atoms with Crippen LogP contribution in [0.2, 0.25) is 0 Å². The van der Waals surface area contributed by atoms with Crippen molar-refractivity contribution >= 4 is 17.3 Å². The molecule has 1 amide bonds. The third kappa shape index (κ3) is 3.99. The van der Waals surface area contributed by atoms with Crippen molar-refractivity contribution in [2.75, 3.05) is 19.0 Å². The van der Waals surface area contributed by atoms with Crippen molar-refractivity contribution in [2.45, 2.75) is 57.1 Å². The number of aliphatic hydroxyl groups excluding tert-OH is 1. The molecule has 2 aliphatic carbocycles. The molecule has 2 saturated carbocycles. The summed E-state index contributed by atoms with van der Waals surface area (Å²) in [5, 5.41) is 13.4. The van der Waals surface area contributed by atoms with Gasteiger partial charge in [0.25, 0.3) is 0 Å². The maximum atomic E-state index is 12.3. The second kappa shape index (κ2) is 8.58. The number of hydrogen-bond acceptors (Lipinski definition) is 5. The van der Waals surface area contributed by atoms with Gasteiger partial charge in [-0.3, -0.25) is 9.79 Å². The third-order valence-electron chi connectivity index (χ3n) is 6.73. The van der Waals surface area contributed by atoms with Crippen molar-refractivity contribution in [1.82, 2.24) is 0 Å². The molecule has 2 aromatic rings. The number of nitrogens with zero attached hydrogens (tertiary/aromatic N) is 1. The topological polar surface area (TPSA) is 80.2 Å². The highest BCUT2D eigenvalue weighted by molar-refractivity contribution is 6.15. The molecule has 1 aliphatic heterocycles. The first kappa shape index (κ1) is 21.0. The average molecular weight is 435 g/mol. The van der Waals surface area contributed by atoms with Crippen LogP contribution in [0.15, 0.2) is 41.4 Å². The molecule has 168 valence electrons. The summed E-state index contributed by atoms with van der Waals surface area (Å²) in [4.78, 5) is 17.4. The van der Waals surface area contributed by atoms with E-state index in [4.69, 9.17) is 14.5 Å². The molecule has 2 N–H and O–H groups in total. The van der Waals surface area contributed by atoms with E-state index in [1.807, 2.05) is 37.3 Å². The van der Waals surface area contributed by atoms with E-state index in [1.54, 1.807) is 7.11 Å². The van der Waals surface area contributed by atoms with Gasteiger partial charge < -0.3 is 19.9 Å². The van der Waals surface area contributed by atoms with E-state index in [1.165, 1.54) is 5.56 Å². The Balaban J connectivity index is 1.58. The molecule has 0 saturated heterocycles. The van der Waals surface area contributed by atoms with Gasteiger partial charge in [-0.25, -0.2) is 0 Å². The second-order valence-corrected chi connectivity index (χ2v) is 8.99. The maximum Gasteiger partial charge on any atom is 0.227 e. The van der Waals surface area contributed by atoms with Gasteiger partial charge in [-0.05, 0) is 68.9 Å². The monoisotopic (exact) mass is 434 g/mol. The molecule has 6 nitrogen and oxygen atoms in total. The van der Waals surface area contributed by atoms with E-state index in [0.29, 0.717) is 18.8 Å². The predicted molar refractivity (Wildman–Crippen MR) is 124 cm³/mol. The number of benzene rings is 2. The molecule has 0 spiro atoms. The molecular weight excluding hydrogens is 404 g/mol. The first-order chi connectivity index (χ1) is 15.6. The zero-order chi connectivity index (χ0) is 22.2. The number of aliphatic hydroxyl groups is 1. The standard InChI is InChI=1S/C26H30N2O4/c1-3-32-24-13-20-19-10-9-18(29)12-22(19)28-25(21(20)14-23(24)31-2)16-5-4-6-17(11-16)27-26(30)15-7-8-15/h4-6,11,13-15,18-19,22,29H,3,7-10,12H2,1-2H3,(H,27,30). The van der Waals surface area contributed by atoms with Crippen molar-refractivity contribution in [3.8, 4) is 11.5 Å². The highest BCUT2D eigenvalue weighted by Gasteiger charge is 2.37. The molecule has 5 rings (SSSR count). The number of ether oxygens (including phenoxy) is 2. The van der Waals surface area contributed by atoms with Crippen LogP contribution >= 0.6 is 0 Å². The molecule has 0 aromatic heterocycles. The first-order valence-corrected chi connectivity index (χ1v) is 11.6. The molecule has 6 heteroatoms. The van der Waals surface area contributed by atoms with E-state index in [2.05, 4.69) is 11.4 Å². The van der Waals surface area contributed by atoms with E-state index in [9.17, 15) is 9.90 Å². The minimum absolute atomic E-state index is 0.0221. The lowest BCUT2D eigenvalue weighted by Gasteiger charge is -2.37. The van der Waals surface area contributed by atoms with E-state index in [-0.39, 0.29) is 29.9 Å². The molecular formula is C26H30N2O4. The summed E-state index contributed by atoms with van der Waals surface area (Å²) in [6.07, 6.45) is 3.95. The summed E-state index contributed by atoms with van der Waals surface area (Å²) >= 11 is 0. The van der Waals surface area contributed by atoms with Gasteiger partial charge in [0.05, 0.1) is 31.6 Å². The largest absolute Gasteiger partial charge is 0.493 e. The van der Waals surface area contributed by atoms with Gasteiger partial charge in [0, 0.05) is 28.7 Å². The number of carbonyl (C=O) groups is 1. The van der Waals surface area contributed by atoms with Gasteiger partial charge in [-0.2, -0.15) is 0 Å². The Bertz CT molecular complexity index is 1060. The zero-order valence-electron chi connectivity index (χ0n) is 18.6. The number of anilines is 1. The number of fused-ring (bicyclic) bond motifs is 3. The molecule has 32 heavy (non-hydrogen) atoms. The van der Waals surface area contributed by atoms with Gasteiger partial charge in [-0.15, -0.1) is 0 Å². The SMILES string of the molecule is CCOc1cc2c(cc1OC)C(c1cccc(NC(=O)C3CC3)c1)=NC1CC(O)CCC21. The minimum Gasteiger partial charge on any atom is -0.493 e. The highest BCUT2D eigenvalue weighted by atomic mass is 16.5. The molecule has 0 radical (unpaired) electrons. The van der Waals surface area contributed by atoms with Crippen LogP contribution in [0.25, 0.3) is 0 Å². The fraction of sp³-hybridized carbons (Fsp3) is 0.462. The number of methoxy groups -OCH3 is 1. The summed E-state index contributed by atoms with van der Waals surface area (Å²) in [6, 6.07) is 12.0. The molecule has 2 aromatic carbocycles. The molecule has 3 aliphatic rings. The fourth-order valence-corrected chi connectivity index (χ4v) is 4.95. The van der Waals surface area contributed by atoms with Crippen LogP contribution in [-0.4, -0.2) is 42.6 Å². The summed E-state index contributed by atoms with van der Waals surface area (Å²) in [5.41, 5.74) is 4.84. The van der Waals surface area contributed by atoms with Crippen LogP contribution < -0.4 is 14.8 Å². The smallest absolute Gasteiger partial charge is 0.227 e. The van der Waals surface area contributed by atoms with Gasteiger partial charge >= 0.3 is 0 Å². The summed E-state index contributed by atoms with van der Waals surface area (Å²) in [5.74, 6) is 1.92. The van der Waals surface area contributed by atoms with Gasteiger partial charge in [0.2, 0.25) is 5.91 Å². The average Bonchev–Trinajstić information content (AvgIpc) is 3.64. The normalized spacial score (nSPS) is 24.1. The van der Waals surface area contributed by atoms with Crippen LogP contribution in [0.5, 0.6) is 11.5 Å². The Morgan fingerprint density at radius 3 is 2.75 bits per heavy atom. The van der Waals surface area contributed by atoms with Crippen LogP contribution in [0.4, 0.5) is 5.69 Å². The molecule has 3 unspecified atom stereocenters. The van der Waals surface area contributed by atoms with Crippen molar-refractivity contribution in [1.29, 1.82) is 0 Å². The number of nitrogens with one attached hydrogen (secondary N) is 1. The number of carbonyl (C=O) groups excluding carboxylic acids is 1. The Kier molecular flexibility index (Phi) is 5.64. The van der Waals surface area contributed by atoms with E-state index < -0.39 is 0 Å². The Hall–Kier alpha value is -2.86. The number of aliphatic imine (C=N–C) groups is 1. The van der Waals surface area contributed by atoms with Crippen molar-refractivity contribution in [2.24, 2.45) is 10.9 Å². The summed E-state index contributed by atoms with van der Waals surface area (Å²) in [7, 11) is 1.65. The zero-order valence-corrected chi connectivity index (χ0v) is 18.6. The van der Waals surface area contributed by atoms with Crippen molar-refractivity contribution < 1.29 is 19.4 Å². The van der Waals surface area contributed by atoms with E-state index >= 15 is 0 Å². The van der Waals surface area contributed by atoms with Crippen molar-refractivity contribution in [3.05, 3.63) is 53.1 Å². The second-order valence-electron chi connectivity index (χ2n) is 8.99. The minimum atomic E-state index is -0.323.